The summed E-state index contributed by atoms with van der Waals surface area (Å²) < 4.78 is 17.4. The normalized spacial score (nSPS) is 17.5. The van der Waals surface area contributed by atoms with E-state index >= 15 is 0 Å². The van der Waals surface area contributed by atoms with Gasteiger partial charge in [-0.15, -0.1) is 0 Å². The van der Waals surface area contributed by atoms with E-state index in [4.69, 9.17) is 14.2 Å². The summed E-state index contributed by atoms with van der Waals surface area (Å²) in [6, 6.07) is 25.0. The SMILES string of the molecule is COc1ccc(C(=O)N(C[C@@H]2CN(C(=O)OC(C)(C)C)C[C@H]2CN(C(=O)Cc2ccccc2)C2CC2)C(C)C)cc1OCc1ccccc1. The molecule has 3 aromatic carbocycles. The van der Waals surface area contributed by atoms with Crippen LogP contribution in [0.2, 0.25) is 0 Å². The van der Waals surface area contributed by atoms with E-state index in [0.29, 0.717) is 56.3 Å². The lowest BCUT2D eigenvalue weighted by atomic mass is 9.93. The number of ether oxygens (including phenoxy) is 3. The largest absolute Gasteiger partial charge is 0.493 e. The zero-order valence-electron chi connectivity index (χ0n) is 29.8. The second-order valence-electron chi connectivity index (χ2n) is 14.5. The van der Waals surface area contributed by atoms with Crippen molar-refractivity contribution in [3.63, 3.8) is 0 Å². The van der Waals surface area contributed by atoms with Gasteiger partial charge in [-0.3, -0.25) is 9.59 Å². The third-order valence-electron chi connectivity index (χ3n) is 9.13. The standard InChI is InChI=1S/C40H51N3O6/c1-28(2)42(38(45)31-17-20-35(47-6)36(22-31)48-27-30-15-11-8-12-16-30)25-32-23-41(39(46)49-40(3,4)5)24-33(32)26-43(34-18-19-34)37(44)21-29-13-9-7-10-14-29/h7-17,20,22,28,32-34H,18-19,21,23-27H2,1-6H3/t32-,33-/m0/s1. The van der Waals surface area contributed by atoms with Crippen LogP contribution in [-0.2, 0) is 22.6 Å². The van der Waals surface area contributed by atoms with Crippen molar-refractivity contribution in [2.24, 2.45) is 11.8 Å². The van der Waals surface area contributed by atoms with Gasteiger partial charge in [0.05, 0.1) is 13.5 Å². The minimum Gasteiger partial charge on any atom is -0.493 e. The van der Waals surface area contributed by atoms with Crippen LogP contribution < -0.4 is 9.47 Å². The number of amides is 3. The zero-order valence-corrected chi connectivity index (χ0v) is 29.8. The van der Waals surface area contributed by atoms with Crippen LogP contribution in [0, 0.1) is 11.8 Å². The van der Waals surface area contributed by atoms with E-state index in [9.17, 15) is 14.4 Å². The molecule has 0 N–H and O–H groups in total. The first-order chi connectivity index (χ1) is 23.4. The molecule has 9 heteroatoms. The third kappa shape index (κ3) is 9.77. The Morgan fingerprint density at radius 3 is 2.02 bits per heavy atom. The van der Waals surface area contributed by atoms with Gasteiger partial charge in [0, 0.05) is 55.7 Å². The van der Waals surface area contributed by atoms with Crippen molar-refractivity contribution in [3.05, 3.63) is 95.6 Å². The lowest BCUT2D eigenvalue weighted by Crippen LogP contribution is -2.45. The fourth-order valence-corrected chi connectivity index (χ4v) is 6.40. The highest BCUT2D eigenvalue weighted by Crippen LogP contribution is 2.34. The van der Waals surface area contributed by atoms with E-state index in [1.807, 2.05) is 105 Å². The molecule has 5 rings (SSSR count). The number of hydrogen-bond acceptors (Lipinski definition) is 6. The predicted octanol–water partition coefficient (Wildman–Crippen LogP) is 6.84. The Morgan fingerprint density at radius 1 is 0.837 bits per heavy atom. The Hall–Kier alpha value is -4.53. The van der Waals surface area contributed by atoms with E-state index in [0.717, 1.165) is 24.0 Å². The first-order valence-electron chi connectivity index (χ1n) is 17.4. The summed E-state index contributed by atoms with van der Waals surface area (Å²) in [6.07, 6.45) is 1.94. The molecule has 3 amide bonds. The summed E-state index contributed by atoms with van der Waals surface area (Å²) >= 11 is 0. The molecule has 2 aliphatic rings. The molecule has 1 saturated carbocycles. The van der Waals surface area contributed by atoms with Crippen LogP contribution >= 0.6 is 0 Å². The summed E-state index contributed by atoms with van der Waals surface area (Å²) in [6.45, 7) is 11.8. The predicted molar refractivity (Wildman–Crippen MR) is 190 cm³/mol. The number of methoxy groups -OCH3 is 1. The minimum absolute atomic E-state index is 0.0254. The highest BCUT2D eigenvalue weighted by molar-refractivity contribution is 5.95. The van der Waals surface area contributed by atoms with Crippen molar-refractivity contribution in [1.82, 2.24) is 14.7 Å². The van der Waals surface area contributed by atoms with Crippen molar-refractivity contribution in [3.8, 4) is 11.5 Å². The lowest BCUT2D eigenvalue weighted by molar-refractivity contribution is -0.131. The van der Waals surface area contributed by atoms with Crippen LogP contribution in [0.25, 0.3) is 0 Å². The molecular weight excluding hydrogens is 618 g/mol. The number of likely N-dealkylation sites (tertiary alicyclic amines) is 1. The van der Waals surface area contributed by atoms with E-state index in [1.54, 1.807) is 30.2 Å². The summed E-state index contributed by atoms with van der Waals surface area (Å²) in [5, 5.41) is 0. The van der Waals surface area contributed by atoms with E-state index in [-0.39, 0.29) is 41.8 Å². The molecule has 2 fully saturated rings. The molecular formula is C40H51N3O6. The van der Waals surface area contributed by atoms with Gasteiger partial charge in [0.25, 0.3) is 5.91 Å². The van der Waals surface area contributed by atoms with Crippen LogP contribution in [0.15, 0.2) is 78.9 Å². The summed E-state index contributed by atoms with van der Waals surface area (Å²) in [5.41, 5.74) is 1.85. The summed E-state index contributed by atoms with van der Waals surface area (Å²) in [5.74, 6) is 0.928. The fraction of sp³-hybridized carbons (Fsp3) is 0.475. The van der Waals surface area contributed by atoms with Gasteiger partial charge in [0.2, 0.25) is 5.91 Å². The van der Waals surface area contributed by atoms with Gasteiger partial charge in [-0.25, -0.2) is 4.79 Å². The number of carbonyl (C=O) groups is 3. The number of nitrogens with zero attached hydrogens (tertiary/aromatic N) is 3. The van der Waals surface area contributed by atoms with E-state index in [1.165, 1.54) is 0 Å². The number of rotatable bonds is 13. The van der Waals surface area contributed by atoms with Gasteiger partial charge in [0.15, 0.2) is 11.5 Å². The molecule has 262 valence electrons. The molecule has 3 aromatic rings. The third-order valence-corrected chi connectivity index (χ3v) is 9.13. The molecule has 1 aliphatic carbocycles. The Labute approximate surface area is 291 Å². The number of carbonyl (C=O) groups excluding carboxylic acids is 3. The van der Waals surface area contributed by atoms with Crippen LogP contribution in [0.1, 0.15) is 68.9 Å². The van der Waals surface area contributed by atoms with Crippen molar-refractivity contribution in [1.29, 1.82) is 0 Å². The number of hydrogen-bond donors (Lipinski definition) is 0. The van der Waals surface area contributed by atoms with Gasteiger partial charge in [-0.1, -0.05) is 60.7 Å². The molecule has 0 bridgehead atoms. The molecule has 9 nitrogen and oxygen atoms in total. The summed E-state index contributed by atoms with van der Waals surface area (Å²) in [4.78, 5) is 46.8. The summed E-state index contributed by atoms with van der Waals surface area (Å²) in [7, 11) is 1.58. The van der Waals surface area contributed by atoms with Gasteiger partial charge in [-0.05, 0) is 76.8 Å². The van der Waals surface area contributed by atoms with Gasteiger partial charge in [0.1, 0.15) is 12.2 Å². The maximum Gasteiger partial charge on any atom is 0.410 e. The Bertz CT molecular complexity index is 1570. The molecule has 0 unspecified atom stereocenters. The Balaban J connectivity index is 1.36. The van der Waals surface area contributed by atoms with E-state index in [2.05, 4.69) is 0 Å². The molecule has 0 spiro atoms. The lowest BCUT2D eigenvalue weighted by Gasteiger charge is -2.33. The quantitative estimate of drug-likeness (QED) is 0.198. The van der Waals surface area contributed by atoms with Crippen molar-refractivity contribution >= 4 is 17.9 Å². The van der Waals surface area contributed by atoms with Gasteiger partial charge < -0.3 is 28.9 Å². The van der Waals surface area contributed by atoms with Crippen LogP contribution in [-0.4, -0.2) is 83.6 Å². The smallest absolute Gasteiger partial charge is 0.410 e. The Kier molecular flexibility index (Phi) is 11.5. The van der Waals surface area contributed by atoms with Gasteiger partial charge in [-0.2, -0.15) is 0 Å². The van der Waals surface area contributed by atoms with Crippen molar-refractivity contribution in [2.45, 2.75) is 78.2 Å². The molecule has 49 heavy (non-hydrogen) atoms. The highest BCUT2D eigenvalue weighted by Gasteiger charge is 2.43. The van der Waals surface area contributed by atoms with Crippen LogP contribution in [0.4, 0.5) is 4.79 Å². The van der Waals surface area contributed by atoms with E-state index < -0.39 is 5.60 Å². The minimum atomic E-state index is -0.634. The number of benzene rings is 3. The average molecular weight is 670 g/mol. The van der Waals surface area contributed by atoms with Crippen LogP contribution in [0.3, 0.4) is 0 Å². The average Bonchev–Trinajstić information content (AvgIpc) is 3.84. The second-order valence-corrected chi connectivity index (χ2v) is 14.5. The maximum absolute atomic E-state index is 14.2. The maximum atomic E-state index is 14.2. The topological polar surface area (TPSA) is 88.6 Å². The molecule has 2 atom stereocenters. The van der Waals surface area contributed by atoms with Crippen molar-refractivity contribution in [2.75, 3.05) is 33.3 Å². The fourth-order valence-electron chi connectivity index (χ4n) is 6.40. The zero-order chi connectivity index (χ0) is 35.1. The molecule has 1 aliphatic heterocycles. The van der Waals surface area contributed by atoms with Crippen molar-refractivity contribution < 1.29 is 28.6 Å². The molecule has 1 saturated heterocycles. The monoisotopic (exact) mass is 669 g/mol. The Morgan fingerprint density at radius 2 is 1.45 bits per heavy atom. The van der Waals surface area contributed by atoms with Crippen LogP contribution in [0.5, 0.6) is 11.5 Å². The first kappa shape index (κ1) is 35.8. The first-order valence-corrected chi connectivity index (χ1v) is 17.4. The highest BCUT2D eigenvalue weighted by atomic mass is 16.6. The molecule has 0 aromatic heterocycles. The van der Waals surface area contributed by atoms with Gasteiger partial charge >= 0.3 is 6.09 Å². The molecule has 1 heterocycles. The second kappa shape index (κ2) is 15.8. The molecule has 0 radical (unpaired) electrons.